The quantitative estimate of drug-likeness (QED) is 0.705. The molecule has 0 fully saturated rings. The number of rotatable bonds is 6. The number of amides is 1. The Morgan fingerprint density at radius 3 is 2.48 bits per heavy atom. The number of thiazole rings is 1. The summed E-state index contributed by atoms with van der Waals surface area (Å²) in [6, 6.07) is 19.3. The van der Waals surface area contributed by atoms with Crippen LogP contribution in [0.3, 0.4) is 0 Å². The molecule has 1 amide bonds. The number of carbonyl (C=O) groups is 1. The lowest BCUT2D eigenvalue weighted by Gasteiger charge is -2.06. The summed E-state index contributed by atoms with van der Waals surface area (Å²) in [7, 11) is 0. The van der Waals surface area contributed by atoms with Gasteiger partial charge in [-0.25, -0.2) is 4.98 Å². The van der Waals surface area contributed by atoms with Crippen LogP contribution in [-0.2, 0) is 0 Å². The summed E-state index contributed by atoms with van der Waals surface area (Å²) in [5.74, 6) is 0.613. The van der Waals surface area contributed by atoms with Crippen molar-refractivity contribution in [3.63, 3.8) is 0 Å². The Labute approximate surface area is 138 Å². The standard InChI is InChI=1S/C18H16N2O2S/c21-17(19-11-12-22-15-9-5-2-6-10-15)16-13-23-18(20-16)14-7-3-1-4-8-14/h1-10,13H,11-12H2,(H,19,21). The zero-order valence-corrected chi connectivity index (χ0v) is 13.3. The zero-order chi connectivity index (χ0) is 15.9. The van der Waals surface area contributed by atoms with Crippen LogP contribution in [0.5, 0.6) is 5.75 Å². The molecule has 4 nitrogen and oxygen atoms in total. The molecule has 0 aliphatic heterocycles. The molecule has 0 saturated carbocycles. The van der Waals surface area contributed by atoms with E-state index in [0.717, 1.165) is 16.3 Å². The molecular formula is C18H16N2O2S. The fraction of sp³-hybridized carbons (Fsp3) is 0.111. The van der Waals surface area contributed by atoms with E-state index in [1.807, 2.05) is 60.7 Å². The molecule has 1 N–H and O–H groups in total. The fourth-order valence-electron chi connectivity index (χ4n) is 2.03. The van der Waals surface area contributed by atoms with Crippen LogP contribution in [0.25, 0.3) is 10.6 Å². The van der Waals surface area contributed by atoms with E-state index in [-0.39, 0.29) is 5.91 Å². The van der Waals surface area contributed by atoms with Crippen LogP contribution < -0.4 is 10.1 Å². The van der Waals surface area contributed by atoms with Crippen LogP contribution in [0.2, 0.25) is 0 Å². The third-order valence-electron chi connectivity index (χ3n) is 3.16. The highest BCUT2D eigenvalue weighted by Gasteiger charge is 2.11. The summed E-state index contributed by atoms with van der Waals surface area (Å²) in [5.41, 5.74) is 1.46. The molecule has 0 radical (unpaired) electrons. The lowest BCUT2D eigenvalue weighted by Crippen LogP contribution is -2.28. The summed E-state index contributed by atoms with van der Waals surface area (Å²) in [5, 5.41) is 5.43. The van der Waals surface area contributed by atoms with Gasteiger partial charge in [-0.1, -0.05) is 48.5 Å². The van der Waals surface area contributed by atoms with Crippen LogP contribution in [0.1, 0.15) is 10.5 Å². The maximum atomic E-state index is 12.1. The first-order valence-electron chi connectivity index (χ1n) is 7.30. The molecule has 5 heteroatoms. The average Bonchev–Trinajstić information content (AvgIpc) is 3.10. The molecule has 0 unspecified atom stereocenters. The third kappa shape index (κ3) is 4.17. The topological polar surface area (TPSA) is 51.2 Å². The largest absolute Gasteiger partial charge is 0.492 e. The first-order valence-corrected chi connectivity index (χ1v) is 8.18. The summed E-state index contributed by atoms with van der Waals surface area (Å²) < 4.78 is 5.53. The van der Waals surface area contributed by atoms with Gasteiger partial charge in [-0.3, -0.25) is 4.79 Å². The Kier molecular flexibility index (Phi) is 5.01. The molecule has 0 spiro atoms. The first kappa shape index (κ1) is 15.2. The van der Waals surface area contributed by atoms with Crippen molar-refractivity contribution in [2.24, 2.45) is 0 Å². The molecule has 0 atom stereocenters. The molecular weight excluding hydrogens is 308 g/mol. The second kappa shape index (κ2) is 7.56. The number of para-hydroxylation sites is 1. The molecule has 2 aromatic carbocycles. The van der Waals surface area contributed by atoms with Crippen molar-refractivity contribution in [2.75, 3.05) is 13.2 Å². The van der Waals surface area contributed by atoms with Gasteiger partial charge in [-0.05, 0) is 12.1 Å². The van der Waals surface area contributed by atoms with E-state index >= 15 is 0 Å². The second-order valence-electron chi connectivity index (χ2n) is 4.82. The second-order valence-corrected chi connectivity index (χ2v) is 5.68. The van der Waals surface area contributed by atoms with Gasteiger partial charge in [-0.2, -0.15) is 0 Å². The van der Waals surface area contributed by atoms with Gasteiger partial charge < -0.3 is 10.1 Å². The Bertz CT molecular complexity index is 757. The van der Waals surface area contributed by atoms with E-state index in [1.165, 1.54) is 11.3 Å². The summed E-state index contributed by atoms with van der Waals surface area (Å²) in [4.78, 5) is 16.5. The van der Waals surface area contributed by atoms with Crippen molar-refractivity contribution in [1.29, 1.82) is 0 Å². The van der Waals surface area contributed by atoms with Gasteiger partial charge >= 0.3 is 0 Å². The Hall–Kier alpha value is -2.66. The highest BCUT2D eigenvalue weighted by molar-refractivity contribution is 7.13. The maximum Gasteiger partial charge on any atom is 0.270 e. The Morgan fingerprint density at radius 2 is 1.74 bits per heavy atom. The Morgan fingerprint density at radius 1 is 1.04 bits per heavy atom. The number of benzene rings is 2. The average molecular weight is 324 g/mol. The number of nitrogens with zero attached hydrogens (tertiary/aromatic N) is 1. The minimum Gasteiger partial charge on any atom is -0.492 e. The highest BCUT2D eigenvalue weighted by atomic mass is 32.1. The van der Waals surface area contributed by atoms with E-state index in [9.17, 15) is 4.79 Å². The van der Waals surface area contributed by atoms with Crippen LogP contribution in [0, 0.1) is 0 Å². The first-order chi connectivity index (χ1) is 11.3. The number of nitrogens with one attached hydrogen (secondary N) is 1. The highest BCUT2D eigenvalue weighted by Crippen LogP contribution is 2.23. The Balaban J connectivity index is 1.50. The molecule has 0 aliphatic carbocycles. The van der Waals surface area contributed by atoms with Crippen molar-refractivity contribution in [2.45, 2.75) is 0 Å². The van der Waals surface area contributed by atoms with Gasteiger partial charge in [0.15, 0.2) is 0 Å². The zero-order valence-electron chi connectivity index (χ0n) is 12.4. The van der Waals surface area contributed by atoms with Crippen LogP contribution in [0.15, 0.2) is 66.0 Å². The van der Waals surface area contributed by atoms with Crippen molar-refractivity contribution < 1.29 is 9.53 Å². The van der Waals surface area contributed by atoms with Gasteiger partial charge in [0.25, 0.3) is 5.91 Å². The van der Waals surface area contributed by atoms with E-state index in [0.29, 0.717) is 18.8 Å². The van der Waals surface area contributed by atoms with Crippen molar-refractivity contribution >= 4 is 17.2 Å². The van der Waals surface area contributed by atoms with Crippen LogP contribution >= 0.6 is 11.3 Å². The van der Waals surface area contributed by atoms with Crippen molar-refractivity contribution in [3.05, 3.63) is 71.7 Å². The molecule has 1 aromatic heterocycles. The molecule has 3 rings (SSSR count). The number of hydrogen-bond acceptors (Lipinski definition) is 4. The van der Waals surface area contributed by atoms with Gasteiger partial charge in [0.05, 0.1) is 6.54 Å². The molecule has 1 heterocycles. The van der Waals surface area contributed by atoms with Crippen molar-refractivity contribution in [1.82, 2.24) is 10.3 Å². The lowest BCUT2D eigenvalue weighted by molar-refractivity contribution is 0.0943. The lowest BCUT2D eigenvalue weighted by atomic mass is 10.2. The summed E-state index contributed by atoms with van der Waals surface area (Å²) in [6.45, 7) is 0.858. The molecule has 0 saturated heterocycles. The predicted octanol–water partition coefficient (Wildman–Crippen LogP) is 3.62. The third-order valence-corrected chi connectivity index (χ3v) is 4.05. The smallest absolute Gasteiger partial charge is 0.270 e. The van der Waals surface area contributed by atoms with Crippen LogP contribution in [0.4, 0.5) is 0 Å². The van der Waals surface area contributed by atoms with E-state index in [1.54, 1.807) is 5.38 Å². The summed E-state index contributed by atoms with van der Waals surface area (Å²) in [6.07, 6.45) is 0. The van der Waals surface area contributed by atoms with E-state index in [4.69, 9.17) is 4.74 Å². The van der Waals surface area contributed by atoms with E-state index in [2.05, 4.69) is 10.3 Å². The van der Waals surface area contributed by atoms with Gasteiger partial charge in [-0.15, -0.1) is 11.3 Å². The number of aromatic nitrogens is 1. The fourth-order valence-corrected chi connectivity index (χ4v) is 2.84. The molecule has 0 bridgehead atoms. The van der Waals surface area contributed by atoms with Gasteiger partial charge in [0.1, 0.15) is 23.1 Å². The summed E-state index contributed by atoms with van der Waals surface area (Å²) >= 11 is 1.46. The number of carbonyl (C=O) groups excluding carboxylic acids is 1. The monoisotopic (exact) mass is 324 g/mol. The molecule has 3 aromatic rings. The van der Waals surface area contributed by atoms with Gasteiger partial charge in [0.2, 0.25) is 0 Å². The minimum atomic E-state index is -0.180. The minimum absolute atomic E-state index is 0.180. The van der Waals surface area contributed by atoms with Gasteiger partial charge in [0, 0.05) is 10.9 Å². The molecule has 116 valence electrons. The maximum absolute atomic E-state index is 12.1. The number of ether oxygens (including phenoxy) is 1. The normalized spacial score (nSPS) is 10.3. The molecule has 23 heavy (non-hydrogen) atoms. The number of hydrogen-bond donors (Lipinski definition) is 1. The predicted molar refractivity (Wildman–Crippen MR) is 91.8 cm³/mol. The van der Waals surface area contributed by atoms with Crippen LogP contribution in [-0.4, -0.2) is 24.0 Å². The SMILES string of the molecule is O=C(NCCOc1ccccc1)c1csc(-c2ccccc2)n1. The van der Waals surface area contributed by atoms with Crippen molar-refractivity contribution in [3.8, 4) is 16.3 Å². The molecule has 0 aliphatic rings. The van der Waals surface area contributed by atoms with E-state index < -0.39 is 0 Å².